The summed E-state index contributed by atoms with van der Waals surface area (Å²) in [6.07, 6.45) is 3.95. The second kappa shape index (κ2) is 9.82. The molecule has 0 aliphatic rings. The quantitative estimate of drug-likeness (QED) is 0.697. The number of hydrogen-bond acceptors (Lipinski definition) is 3. The van der Waals surface area contributed by atoms with Gasteiger partial charge < -0.3 is 15.2 Å². The van der Waals surface area contributed by atoms with Gasteiger partial charge >= 0.3 is 5.97 Å². The van der Waals surface area contributed by atoms with Crippen molar-refractivity contribution in [1.29, 1.82) is 0 Å². The molecule has 5 heteroatoms. The lowest BCUT2D eigenvalue weighted by molar-refractivity contribution is -0.142. The number of carbonyl (C=O) groups is 2. The first-order chi connectivity index (χ1) is 10.6. The molecular weight excluding hydrogens is 282 g/mol. The van der Waals surface area contributed by atoms with Gasteiger partial charge in [-0.15, -0.1) is 0 Å². The normalized spacial score (nSPS) is 11.7. The molecule has 2 N–H and O–H groups in total. The number of ether oxygens (including phenoxy) is 1. The summed E-state index contributed by atoms with van der Waals surface area (Å²) in [6.45, 7) is 1.99. The number of rotatable bonds is 10. The molecule has 0 saturated heterocycles. The zero-order chi connectivity index (χ0) is 16.4. The lowest BCUT2D eigenvalue weighted by Crippen LogP contribution is -2.40. The van der Waals surface area contributed by atoms with Crippen LogP contribution in [0, 0.1) is 0 Å². The molecule has 1 aromatic carbocycles. The Labute approximate surface area is 131 Å². The Morgan fingerprint density at radius 2 is 2.09 bits per heavy atom. The number of amides is 1. The molecule has 22 heavy (non-hydrogen) atoms. The Morgan fingerprint density at radius 3 is 2.73 bits per heavy atom. The van der Waals surface area contributed by atoms with Gasteiger partial charge in [-0.2, -0.15) is 0 Å². The summed E-state index contributed by atoms with van der Waals surface area (Å²) in [5, 5.41) is 11.7. The molecule has 1 unspecified atom stereocenters. The summed E-state index contributed by atoms with van der Waals surface area (Å²) in [7, 11) is 1.62. The van der Waals surface area contributed by atoms with E-state index in [0.717, 1.165) is 30.6 Å². The number of carboxylic acids is 1. The van der Waals surface area contributed by atoms with Crippen molar-refractivity contribution in [1.82, 2.24) is 5.32 Å². The summed E-state index contributed by atoms with van der Waals surface area (Å²) < 4.78 is 5.15. The topological polar surface area (TPSA) is 75.6 Å². The van der Waals surface area contributed by atoms with Gasteiger partial charge in [0, 0.05) is 6.42 Å². The molecule has 0 spiro atoms. The summed E-state index contributed by atoms with van der Waals surface area (Å²) in [4.78, 5) is 22.9. The van der Waals surface area contributed by atoms with Crippen molar-refractivity contribution in [2.75, 3.05) is 7.11 Å². The van der Waals surface area contributed by atoms with Crippen LogP contribution in [0.5, 0.6) is 5.75 Å². The molecule has 0 saturated carbocycles. The number of nitrogens with one attached hydrogen (secondary N) is 1. The zero-order valence-electron chi connectivity index (χ0n) is 13.3. The van der Waals surface area contributed by atoms with Crippen LogP contribution in [0.25, 0.3) is 0 Å². The van der Waals surface area contributed by atoms with E-state index in [1.807, 2.05) is 31.2 Å². The second-order valence-electron chi connectivity index (χ2n) is 5.31. The summed E-state index contributed by atoms with van der Waals surface area (Å²) in [6, 6.07) is 6.95. The van der Waals surface area contributed by atoms with Crippen LogP contribution in [-0.2, 0) is 16.0 Å². The molecule has 1 amide bonds. The first kappa shape index (κ1) is 18.0. The van der Waals surface area contributed by atoms with Gasteiger partial charge in [-0.05, 0) is 37.0 Å². The number of carboxylic acid groups (broad SMARTS) is 1. The summed E-state index contributed by atoms with van der Waals surface area (Å²) >= 11 is 0. The minimum Gasteiger partial charge on any atom is -0.497 e. The Balaban J connectivity index is 2.36. The monoisotopic (exact) mass is 307 g/mol. The zero-order valence-corrected chi connectivity index (χ0v) is 13.3. The number of benzene rings is 1. The molecule has 1 atom stereocenters. The van der Waals surface area contributed by atoms with E-state index in [2.05, 4.69) is 5.32 Å². The Kier molecular flexibility index (Phi) is 8.04. The van der Waals surface area contributed by atoms with Crippen molar-refractivity contribution in [3.05, 3.63) is 29.8 Å². The van der Waals surface area contributed by atoms with Crippen LogP contribution in [0.4, 0.5) is 0 Å². The molecule has 1 rings (SSSR count). The molecular formula is C17H25NO4. The highest BCUT2D eigenvalue weighted by Crippen LogP contribution is 2.14. The molecule has 5 nitrogen and oxygen atoms in total. The van der Waals surface area contributed by atoms with Crippen molar-refractivity contribution in [2.24, 2.45) is 0 Å². The van der Waals surface area contributed by atoms with E-state index in [0.29, 0.717) is 19.3 Å². The van der Waals surface area contributed by atoms with Gasteiger partial charge in [0.05, 0.1) is 7.11 Å². The van der Waals surface area contributed by atoms with Crippen LogP contribution >= 0.6 is 0 Å². The van der Waals surface area contributed by atoms with Crippen molar-refractivity contribution in [2.45, 2.75) is 51.5 Å². The van der Waals surface area contributed by atoms with Crippen LogP contribution in [0.2, 0.25) is 0 Å². The van der Waals surface area contributed by atoms with E-state index >= 15 is 0 Å². The van der Waals surface area contributed by atoms with E-state index < -0.39 is 12.0 Å². The van der Waals surface area contributed by atoms with E-state index in [4.69, 9.17) is 9.84 Å². The number of aliphatic carboxylic acids is 1. The number of methoxy groups -OCH3 is 1. The molecule has 0 aliphatic heterocycles. The average molecular weight is 307 g/mol. The third-order valence-corrected chi connectivity index (χ3v) is 3.48. The van der Waals surface area contributed by atoms with E-state index in [9.17, 15) is 9.59 Å². The van der Waals surface area contributed by atoms with Crippen molar-refractivity contribution in [3.63, 3.8) is 0 Å². The predicted molar refractivity (Wildman–Crippen MR) is 85.0 cm³/mol. The van der Waals surface area contributed by atoms with Gasteiger partial charge in [0.2, 0.25) is 5.91 Å². The number of hydrogen-bond donors (Lipinski definition) is 2. The van der Waals surface area contributed by atoms with Gasteiger partial charge in [0.1, 0.15) is 11.8 Å². The second-order valence-corrected chi connectivity index (χ2v) is 5.31. The highest BCUT2D eigenvalue weighted by Gasteiger charge is 2.18. The predicted octanol–water partition coefficient (Wildman–Crippen LogP) is 2.78. The van der Waals surface area contributed by atoms with Gasteiger partial charge in [-0.3, -0.25) is 4.79 Å². The number of unbranched alkanes of at least 4 members (excludes halogenated alkanes) is 1. The van der Waals surface area contributed by atoms with Crippen LogP contribution in [0.3, 0.4) is 0 Å². The maximum Gasteiger partial charge on any atom is 0.326 e. The van der Waals surface area contributed by atoms with Gasteiger partial charge in [-0.25, -0.2) is 4.79 Å². The summed E-state index contributed by atoms with van der Waals surface area (Å²) in [5.74, 6) is -0.367. The van der Waals surface area contributed by atoms with Crippen LogP contribution < -0.4 is 10.1 Å². The first-order valence-corrected chi connectivity index (χ1v) is 7.72. The molecule has 122 valence electrons. The molecule has 0 fully saturated rings. The standard InChI is InChI=1S/C17H25NO4/c1-3-4-10-15(17(20)21)18-16(19)11-6-8-13-7-5-9-14(12-13)22-2/h5,7,9,12,15H,3-4,6,8,10-11H2,1-2H3,(H,18,19)(H,20,21). The maximum atomic E-state index is 11.8. The SMILES string of the molecule is CCCCC(NC(=O)CCCc1cccc(OC)c1)C(=O)O. The van der Waals surface area contributed by atoms with Crippen LogP contribution in [0.15, 0.2) is 24.3 Å². The molecule has 0 aromatic heterocycles. The van der Waals surface area contributed by atoms with Gasteiger partial charge in [0.15, 0.2) is 0 Å². The highest BCUT2D eigenvalue weighted by atomic mass is 16.5. The maximum absolute atomic E-state index is 11.8. The Morgan fingerprint density at radius 1 is 1.32 bits per heavy atom. The first-order valence-electron chi connectivity index (χ1n) is 7.72. The highest BCUT2D eigenvalue weighted by molar-refractivity contribution is 5.83. The van der Waals surface area contributed by atoms with Crippen LogP contribution in [-0.4, -0.2) is 30.1 Å². The molecule has 0 heterocycles. The van der Waals surface area contributed by atoms with Gasteiger partial charge in [0.25, 0.3) is 0 Å². The van der Waals surface area contributed by atoms with Crippen LogP contribution in [0.1, 0.15) is 44.6 Å². The number of carbonyl (C=O) groups excluding carboxylic acids is 1. The fraction of sp³-hybridized carbons (Fsp3) is 0.529. The van der Waals surface area contributed by atoms with E-state index in [1.54, 1.807) is 7.11 Å². The Hall–Kier alpha value is -2.04. The smallest absolute Gasteiger partial charge is 0.326 e. The van der Waals surface area contributed by atoms with Gasteiger partial charge in [-0.1, -0.05) is 31.9 Å². The fourth-order valence-electron chi connectivity index (χ4n) is 2.21. The number of aryl methyl sites for hydroxylation is 1. The minimum absolute atomic E-state index is 0.202. The molecule has 0 bridgehead atoms. The van der Waals surface area contributed by atoms with Crippen molar-refractivity contribution >= 4 is 11.9 Å². The molecule has 0 radical (unpaired) electrons. The third kappa shape index (κ3) is 6.61. The van der Waals surface area contributed by atoms with Crippen molar-refractivity contribution in [3.8, 4) is 5.75 Å². The lowest BCUT2D eigenvalue weighted by Gasteiger charge is -2.14. The largest absolute Gasteiger partial charge is 0.497 e. The Bertz CT molecular complexity index is 487. The molecule has 1 aromatic rings. The molecule has 0 aliphatic carbocycles. The minimum atomic E-state index is -0.963. The fourth-order valence-corrected chi connectivity index (χ4v) is 2.21. The third-order valence-electron chi connectivity index (χ3n) is 3.48. The lowest BCUT2D eigenvalue weighted by atomic mass is 10.1. The van der Waals surface area contributed by atoms with E-state index in [-0.39, 0.29) is 5.91 Å². The van der Waals surface area contributed by atoms with Crippen molar-refractivity contribution < 1.29 is 19.4 Å². The summed E-state index contributed by atoms with van der Waals surface area (Å²) in [5.41, 5.74) is 1.10. The average Bonchev–Trinajstić information content (AvgIpc) is 2.51. The van der Waals surface area contributed by atoms with E-state index in [1.165, 1.54) is 0 Å².